The van der Waals surface area contributed by atoms with Crippen molar-refractivity contribution in [2.75, 3.05) is 27.2 Å². The van der Waals surface area contributed by atoms with E-state index in [2.05, 4.69) is 25.9 Å². The number of hydrogen-bond acceptors (Lipinski definition) is 5. The van der Waals surface area contributed by atoms with Gasteiger partial charge >= 0.3 is 0 Å². The van der Waals surface area contributed by atoms with E-state index in [0.717, 1.165) is 56.5 Å². The number of aromatic nitrogens is 4. The number of aromatic amines is 1. The van der Waals surface area contributed by atoms with Crippen LogP contribution in [-0.4, -0.2) is 52.1 Å². The van der Waals surface area contributed by atoms with E-state index in [4.69, 9.17) is 9.72 Å². The van der Waals surface area contributed by atoms with Crippen LogP contribution in [0.2, 0.25) is 0 Å². The van der Waals surface area contributed by atoms with Crippen molar-refractivity contribution >= 4 is 32.8 Å². The van der Waals surface area contributed by atoms with Crippen LogP contribution in [0.1, 0.15) is 0 Å². The number of nitrogens with zero attached hydrogens (tertiary/aromatic N) is 4. The molecule has 0 amide bonds. The van der Waals surface area contributed by atoms with Gasteiger partial charge in [0.15, 0.2) is 0 Å². The summed E-state index contributed by atoms with van der Waals surface area (Å²) in [4.78, 5) is 19.6. The second kappa shape index (κ2) is 7.14. The van der Waals surface area contributed by atoms with Crippen LogP contribution < -0.4 is 4.74 Å². The van der Waals surface area contributed by atoms with E-state index < -0.39 is 0 Å². The molecular formula is C23H21N5O. The van der Waals surface area contributed by atoms with E-state index in [1.54, 1.807) is 12.4 Å². The lowest BCUT2D eigenvalue weighted by molar-refractivity contribution is 0.261. The van der Waals surface area contributed by atoms with Crippen molar-refractivity contribution in [2.45, 2.75) is 0 Å². The monoisotopic (exact) mass is 383 g/mol. The van der Waals surface area contributed by atoms with Crippen molar-refractivity contribution in [1.82, 2.24) is 24.8 Å². The van der Waals surface area contributed by atoms with Crippen LogP contribution in [0.4, 0.5) is 0 Å². The van der Waals surface area contributed by atoms with Gasteiger partial charge in [-0.2, -0.15) is 0 Å². The lowest BCUT2D eigenvalue weighted by atomic mass is 10.1. The Kier molecular flexibility index (Phi) is 4.33. The van der Waals surface area contributed by atoms with E-state index in [1.165, 1.54) is 0 Å². The summed E-state index contributed by atoms with van der Waals surface area (Å²) in [5.74, 6) is 1.68. The van der Waals surface area contributed by atoms with Crippen molar-refractivity contribution in [3.05, 3.63) is 60.9 Å². The third kappa shape index (κ3) is 3.17. The lowest BCUT2D eigenvalue weighted by Gasteiger charge is -2.11. The van der Waals surface area contributed by atoms with Crippen LogP contribution in [0.3, 0.4) is 0 Å². The first-order valence-electron chi connectivity index (χ1n) is 9.60. The summed E-state index contributed by atoms with van der Waals surface area (Å²) in [6.45, 7) is 1.54. The average molecular weight is 383 g/mol. The summed E-state index contributed by atoms with van der Waals surface area (Å²) in [6, 6.07) is 16.0. The summed E-state index contributed by atoms with van der Waals surface area (Å²) >= 11 is 0. The molecule has 144 valence electrons. The third-order valence-electron chi connectivity index (χ3n) is 5.00. The molecule has 0 saturated heterocycles. The quantitative estimate of drug-likeness (QED) is 0.459. The number of nitrogens with one attached hydrogen (secondary N) is 1. The van der Waals surface area contributed by atoms with Crippen LogP contribution in [0, 0.1) is 0 Å². The number of benzene rings is 2. The number of likely N-dealkylation sites (N-methyl/N-ethyl adjacent to an activating group) is 1. The van der Waals surface area contributed by atoms with Crippen molar-refractivity contribution in [3.8, 4) is 17.1 Å². The number of ether oxygens (including phenoxy) is 1. The number of H-pyrrole nitrogens is 1. The van der Waals surface area contributed by atoms with Gasteiger partial charge in [-0.1, -0.05) is 0 Å². The van der Waals surface area contributed by atoms with Crippen molar-refractivity contribution in [1.29, 1.82) is 0 Å². The van der Waals surface area contributed by atoms with Gasteiger partial charge in [-0.15, -0.1) is 0 Å². The van der Waals surface area contributed by atoms with E-state index in [9.17, 15) is 0 Å². The predicted octanol–water partition coefficient (Wildman–Crippen LogP) is 4.27. The number of pyridine rings is 2. The van der Waals surface area contributed by atoms with Crippen LogP contribution in [0.25, 0.3) is 44.2 Å². The average Bonchev–Trinajstić information content (AvgIpc) is 3.20. The van der Waals surface area contributed by atoms with Crippen molar-refractivity contribution in [2.24, 2.45) is 0 Å². The molecule has 6 nitrogen and oxygen atoms in total. The molecule has 3 aromatic heterocycles. The zero-order chi connectivity index (χ0) is 19.8. The van der Waals surface area contributed by atoms with E-state index in [0.29, 0.717) is 6.61 Å². The predicted molar refractivity (Wildman–Crippen MR) is 116 cm³/mol. The van der Waals surface area contributed by atoms with Gasteiger partial charge in [0.05, 0.1) is 22.1 Å². The highest BCUT2D eigenvalue weighted by molar-refractivity contribution is 6.20. The fraction of sp³-hybridized carbons (Fsp3) is 0.174. The molecule has 0 radical (unpaired) electrons. The maximum Gasteiger partial charge on any atom is 0.138 e. The molecule has 0 fully saturated rings. The van der Waals surface area contributed by atoms with E-state index >= 15 is 0 Å². The maximum atomic E-state index is 5.79. The Labute approximate surface area is 168 Å². The second-order valence-electron chi connectivity index (χ2n) is 7.28. The number of hydrogen-bond donors (Lipinski definition) is 1. The standard InChI is InChI=1S/C23H21N5O/c1-28(2)13-14-29-16-9-7-15(8-10-16)23-26-21-17-5-3-11-24-19(17)20-18(22(21)27-23)6-4-12-25-20/h3-12H,13-14H2,1-2H3,(H,26,27). The van der Waals surface area contributed by atoms with E-state index in [-0.39, 0.29) is 0 Å². The highest BCUT2D eigenvalue weighted by Crippen LogP contribution is 2.33. The molecule has 0 unspecified atom stereocenters. The molecule has 0 bridgehead atoms. The Bertz CT molecular complexity index is 1240. The molecule has 0 aliphatic carbocycles. The first kappa shape index (κ1) is 17.6. The zero-order valence-electron chi connectivity index (χ0n) is 16.4. The van der Waals surface area contributed by atoms with Gasteiger partial charge in [-0.25, -0.2) is 4.98 Å². The fourth-order valence-corrected chi connectivity index (χ4v) is 3.54. The van der Waals surface area contributed by atoms with Gasteiger partial charge in [-0.3, -0.25) is 9.97 Å². The molecular weight excluding hydrogens is 362 g/mol. The van der Waals surface area contributed by atoms with Gasteiger partial charge in [-0.05, 0) is 62.6 Å². The Hall–Kier alpha value is -3.51. The molecule has 6 heteroatoms. The van der Waals surface area contributed by atoms with Gasteiger partial charge in [0.1, 0.15) is 18.2 Å². The molecule has 0 atom stereocenters. The first-order valence-corrected chi connectivity index (χ1v) is 9.60. The SMILES string of the molecule is CN(C)CCOc1ccc(-c2nc3c4cccnc4c4ncccc4c3[nH]2)cc1. The Morgan fingerprint density at radius 1 is 0.862 bits per heavy atom. The minimum absolute atomic E-state index is 0.662. The Balaban J connectivity index is 1.58. The number of rotatable bonds is 5. The van der Waals surface area contributed by atoms with Crippen LogP contribution >= 0.6 is 0 Å². The summed E-state index contributed by atoms with van der Waals surface area (Å²) < 4.78 is 5.79. The fourth-order valence-electron chi connectivity index (χ4n) is 3.54. The summed E-state index contributed by atoms with van der Waals surface area (Å²) in [5, 5.41) is 2.02. The van der Waals surface area contributed by atoms with Crippen molar-refractivity contribution in [3.63, 3.8) is 0 Å². The molecule has 29 heavy (non-hydrogen) atoms. The number of imidazole rings is 1. The topological polar surface area (TPSA) is 66.9 Å². The van der Waals surface area contributed by atoms with Gasteiger partial charge in [0.25, 0.3) is 0 Å². The normalized spacial score (nSPS) is 11.7. The van der Waals surface area contributed by atoms with Crippen LogP contribution in [-0.2, 0) is 0 Å². The Morgan fingerprint density at radius 3 is 2.28 bits per heavy atom. The van der Waals surface area contributed by atoms with E-state index in [1.807, 2.05) is 56.6 Å². The molecule has 0 aliphatic heterocycles. The minimum atomic E-state index is 0.662. The summed E-state index contributed by atoms with van der Waals surface area (Å²) in [7, 11) is 4.07. The highest BCUT2D eigenvalue weighted by atomic mass is 16.5. The third-order valence-corrected chi connectivity index (χ3v) is 5.00. The highest BCUT2D eigenvalue weighted by Gasteiger charge is 2.15. The molecule has 3 heterocycles. The molecule has 0 aliphatic rings. The molecule has 1 N–H and O–H groups in total. The van der Waals surface area contributed by atoms with Crippen molar-refractivity contribution < 1.29 is 4.74 Å². The minimum Gasteiger partial charge on any atom is -0.492 e. The first-order chi connectivity index (χ1) is 14.2. The summed E-state index contributed by atoms with van der Waals surface area (Å²) in [6.07, 6.45) is 3.60. The smallest absolute Gasteiger partial charge is 0.138 e. The molecule has 2 aromatic carbocycles. The molecule has 5 rings (SSSR count). The van der Waals surface area contributed by atoms with Gasteiger partial charge in [0.2, 0.25) is 0 Å². The Morgan fingerprint density at radius 2 is 1.55 bits per heavy atom. The largest absolute Gasteiger partial charge is 0.492 e. The molecule has 0 saturated carbocycles. The maximum absolute atomic E-state index is 5.79. The second-order valence-corrected chi connectivity index (χ2v) is 7.28. The van der Waals surface area contributed by atoms with Crippen LogP contribution in [0.15, 0.2) is 60.9 Å². The lowest BCUT2D eigenvalue weighted by Crippen LogP contribution is -2.19. The molecule has 5 aromatic rings. The zero-order valence-corrected chi connectivity index (χ0v) is 16.4. The van der Waals surface area contributed by atoms with Gasteiger partial charge < -0.3 is 14.6 Å². The summed E-state index contributed by atoms with van der Waals surface area (Å²) in [5.41, 5.74) is 4.66. The molecule has 0 spiro atoms. The van der Waals surface area contributed by atoms with Gasteiger partial charge in [0, 0.05) is 35.3 Å². The van der Waals surface area contributed by atoms with Crippen LogP contribution in [0.5, 0.6) is 5.75 Å². The number of fused-ring (bicyclic) bond motifs is 6.